The van der Waals surface area contributed by atoms with Gasteiger partial charge in [0, 0.05) is 18.3 Å². The summed E-state index contributed by atoms with van der Waals surface area (Å²) in [6.07, 6.45) is 0.888. The lowest BCUT2D eigenvalue weighted by Gasteiger charge is -2.23. The first-order valence-corrected chi connectivity index (χ1v) is 8.89. The molecule has 1 fully saturated rings. The minimum atomic E-state index is -0.484. The van der Waals surface area contributed by atoms with Gasteiger partial charge < -0.3 is 19.7 Å². The van der Waals surface area contributed by atoms with Crippen LogP contribution in [0.5, 0.6) is 11.5 Å². The van der Waals surface area contributed by atoms with Crippen molar-refractivity contribution in [2.24, 2.45) is 0 Å². The van der Waals surface area contributed by atoms with E-state index in [1.54, 1.807) is 4.90 Å². The molecule has 0 radical (unpaired) electrons. The average Bonchev–Trinajstić information content (AvgIpc) is 3.29. The van der Waals surface area contributed by atoms with E-state index in [2.05, 4.69) is 10.3 Å². The van der Waals surface area contributed by atoms with E-state index in [0.29, 0.717) is 36.0 Å². The number of likely N-dealkylation sites (tertiary alicyclic amines) is 1. The maximum absolute atomic E-state index is 12.6. The number of hydrogen-bond donors (Lipinski definition) is 1. The average molecular weight is 359 g/mol. The van der Waals surface area contributed by atoms with Gasteiger partial charge >= 0.3 is 0 Å². The molecule has 2 aliphatic rings. The number of hydrogen-bond acceptors (Lipinski definition) is 6. The van der Waals surface area contributed by atoms with Gasteiger partial charge in [0.1, 0.15) is 6.04 Å². The molecule has 130 valence electrons. The molecule has 1 aromatic heterocycles. The maximum atomic E-state index is 12.6. The van der Waals surface area contributed by atoms with E-state index in [0.717, 1.165) is 11.3 Å². The maximum Gasteiger partial charge on any atom is 0.248 e. The Morgan fingerprint density at radius 1 is 1.40 bits per heavy atom. The predicted octanol–water partition coefficient (Wildman–Crippen LogP) is 2.31. The lowest BCUT2D eigenvalue weighted by Crippen LogP contribution is -2.41. The van der Waals surface area contributed by atoms with Crippen LogP contribution in [0.15, 0.2) is 23.6 Å². The van der Waals surface area contributed by atoms with E-state index < -0.39 is 6.04 Å². The van der Waals surface area contributed by atoms with Crippen molar-refractivity contribution < 1.29 is 19.1 Å². The van der Waals surface area contributed by atoms with E-state index in [1.165, 1.54) is 11.3 Å². The molecule has 1 N–H and O–H groups in total. The zero-order chi connectivity index (χ0) is 17.4. The number of carbonyl (C=O) groups is 2. The third kappa shape index (κ3) is 3.17. The number of nitrogens with one attached hydrogen (secondary N) is 1. The van der Waals surface area contributed by atoms with E-state index in [1.807, 2.05) is 30.5 Å². The van der Waals surface area contributed by atoms with Gasteiger partial charge in [-0.15, -0.1) is 11.3 Å². The van der Waals surface area contributed by atoms with Crippen LogP contribution in [0.4, 0.5) is 5.13 Å². The van der Waals surface area contributed by atoms with Gasteiger partial charge in [-0.3, -0.25) is 9.59 Å². The van der Waals surface area contributed by atoms with Crippen LogP contribution in [0.1, 0.15) is 24.1 Å². The standard InChI is InChI=1S/C17H17N3O4S/c1-10-8-25-17(18-10)19-16(22)12-3-5-15(21)20(12)7-11-2-4-13-14(6-11)24-9-23-13/h2,4,6,8,12H,3,5,7,9H2,1H3,(H,18,19,22). The van der Waals surface area contributed by atoms with Crippen LogP contribution in [-0.4, -0.2) is 34.5 Å². The number of amides is 2. The second-order valence-electron chi connectivity index (χ2n) is 6.05. The number of carbonyl (C=O) groups excluding carboxylic acids is 2. The number of nitrogens with zero attached hydrogens (tertiary/aromatic N) is 2. The number of ether oxygens (including phenoxy) is 2. The quantitative estimate of drug-likeness (QED) is 0.906. The first kappa shape index (κ1) is 15.9. The number of thiazole rings is 1. The fraction of sp³-hybridized carbons (Fsp3) is 0.353. The molecule has 4 rings (SSSR count). The first-order valence-electron chi connectivity index (χ1n) is 8.01. The largest absolute Gasteiger partial charge is 0.454 e. The van der Waals surface area contributed by atoms with E-state index in [9.17, 15) is 9.59 Å². The van der Waals surface area contributed by atoms with Gasteiger partial charge in [0.05, 0.1) is 5.69 Å². The molecular weight excluding hydrogens is 342 g/mol. The number of anilines is 1. The van der Waals surface area contributed by atoms with Crippen LogP contribution in [0, 0.1) is 6.92 Å². The molecule has 0 saturated carbocycles. The highest BCUT2D eigenvalue weighted by Crippen LogP contribution is 2.33. The normalized spacial score (nSPS) is 18.7. The van der Waals surface area contributed by atoms with Crippen molar-refractivity contribution in [3.8, 4) is 11.5 Å². The van der Waals surface area contributed by atoms with Crippen LogP contribution in [-0.2, 0) is 16.1 Å². The van der Waals surface area contributed by atoms with E-state index in [-0.39, 0.29) is 18.6 Å². The van der Waals surface area contributed by atoms with E-state index in [4.69, 9.17) is 9.47 Å². The van der Waals surface area contributed by atoms with Crippen LogP contribution < -0.4 is 14.8 Å². The third-order valence-corrected chi connectivity index (χ3v) is 5.15. The van der Waals surface area contributed by atoms with Crippen molar-refractivity contribution in [1.29, 1.82) is 0 Å². The molecule has 2 amide bonds. The summed E-state index contributed by atoms with van der Waals surface area (Å²) in [6.45, 7) is 2.45. The Balaban J connectivity index is 1.48. The smallest absolute Gasteiger partial charge is 0.248 e. The molecule has 7 nitrogen and oxygen atoms in total. The Kier molecular flexibility index (Phi) is 4.04. The molecule has 1 unspecified atom stereocenters. The fourth-order valence-electron chi connectivity index (χ4n) is 3.04. The van der Waals surface area contributed by atoms with Gasteiger partial charge in [0.15, 0.2) is 16.6 Å². The van der Waals surface area contributed by atoms with Crippen LogP contribution >= 0.6 is 11.3 Å². The molecule has 1 atom stereocenters. The van der Waals surface area contributed by atoms with Crippen molar-refractivity contribution in [3.05, 3.63) is 34.8 Å². The summed E-state index contributed by atoms with van der Waals surface area (Å²) in [5.41, 5.74) is 1.77. The van der Waals surface area contributed by atoms with Crippen molar-refractivity contribution >= 4 is 28.3 Å². The predicted molar refractivity (Wildman–Crippen MR) is 91.6 cm³/mol. The SMILES string of the molecule is Cc1csc(NC(=O)C2CCC(=O)N2Cc2ccc3c(c2)OCO3)n1. The Morgan fingerprint density at radius 3 is 3.04 bits per heavy atom. The molecular formula is C17H17N3O4S. The molecule has 0 spiro atoms. The van der Waals surface area contributed by atoms with Gasteiger partial charge in [-0.2, -0.15) is 0 Å². The molecule has 0 aliphatic carbocycles. The molecule has 2 aliphatic heterocycles. The van der Waals surface area contributed by atoms with Gasteiger partial charge in [0.25, 0.3) is 0 Å². The van der Waals surface area contributed by atoms with Crippen molar-refractivity contribution in [1.82, 2.24) is 9.88 Å². The Morgan fingerprint density at radius 2 is 2.24 bits per heavy atom. The van der Waals surface area contributed by atoms with Crippen LogP contribution in [0.3, 0.4) is 0 Å². The molecule has 1 aromatic carbocycles. The lowest BCUT2D eigenvalue weighted by molar-refractivity contribution is -0.133. The van der Waals surface area contributed by atoms with E-state index >= 15 is 0 Å². The zero-order valence-electron chi connectivity index (χ0n) is 13.7. The molecule has 1 saturated heterocycles. The van der Waals surface area contributed by atoms with Crippen molar-refractivity contribution in [2.45, 2.75) is 32.4 Å². The summed E-state index contributed by atoms with van der Waals surface area (Å²) in [7, 11) is 0. The highest BCUT2D eigenvalue weighted by atomic mass is 32.1. The highest BCUT2D eigenvalue weighted by Gasteiger charge is 2.36. The summed E-state index contributed by atoms with van der Waals surface area (Å²) in [5.74, 6) is 1.16. The minimum Gasteiger partial charge on any atom is -0.454 e. The summed E-state index contributed by atoms with van der Waals surface area (Å²) >= 11 is 1.38. The monoisotopic (exact) mass is 359 g/mol. The van der Waals surface area contributed by atoms with Gasteiger partial charge in [-0.25, -0.2) is 4.98 Å². The number of aryl methyl sites for hydroxylation is 1. The number of aromatic nitrogens is 1. The number of benzene rings is 1. The molecule has 2 aromatic rings. The highest BCUT2D eigenvalue weighted by molar-refractivity contribution is 7.13. The minimum absolute atomic E-state index is 0.0202. The molecule has 8 heteroatoms. The van der Waals surface area contributed by atoms with Crippen molar-refractivity contribution in [3.63, 3.8) is 0 Å². The Bertz CT molecular complexity index is 835. The van der Waals surface area contributed by atoms with Gasteiger partial charge in [-0.1, -0.05) is 6.07 Å². The number of rotatable bonds is 4. The summed E-state index contributed by atoms with van der Waals surface area (Å²) in [4.78, 5) is 30.7. The Hall–Kier alpha value is -2.61. The lowest BCUT2D eigenvalue weighted by atomic mass is 10.1. The number of fused-ring (bicyclic) bond motifs is 1. The summed E-state index contributed by atoms with van der Waals surface area (Å²) < 4.78 is 10.7. The zero-order valence-corrected chi connectivity index (χ0v) is 14.5. The molecule has 0 bridgehead atoms. The molecule has 3 heterocycles. The van der Waals surface area contributed by atoms with Crippen LogP contribution in [0.2, 0.25) is 0 Å². The summed E-state index contributed by atoms with van der Waals surface area (Å²) in [5, 5.41) is 5.25. The summed E-state index contributed by atoms with van der Waals surface area (Å²) in [6, 6.07) is 5.08. The van der Waals surface area contributed by atoms with Gasteiger partial charge in [0.2, 0.25) is 18.6 Å². The second-order valence-corrected chi connectivity index (χ2v) is 6.91. The van der Waals surface area contributed by atoms with Crippen molar-refractivity contribution in [2.75, 3.05) is 12.1 Å². The molecule has 25 heavy (non-hydrogen) atoms. The first-order chi connectivity index (χ1) is 12.1. The topological polar surface area (TPSA) is 80.8 Å². The third-order valence-electron chi connectivity index (χ3n) is 4.27. The fourth-order valence-corrected chi connectivity index (χ4v) is 3.73. The van der Waals surface area contributed by atoms with Gasteiger partial charge in [-0.05, 0) is 31.0 Å². The Labute approximate surface area is 148 Å². The second kappa shape index (κ2) is 6.36. The van der Waals surface area contributed by atoms with Crippen LogP contribution in [0.25, 0.3) is 0 Å².